The van der Waals surface area contributed by atoms with Gasteiger partial charge in [-0.15, -0.1) is 24.8 Å². The summed E-state index contributed by atoms with van der Waals surface area (Å²) in [6.07, 6.45) is 8.54. The van der Waals surface area contributed by atoms with Gasteiger partial charge in [0.05, 0.1) is 0 Å². The van der Waals surface area contributed by atoms with Crippen LogP contribution in [-0.4, -0.2) is 27.0 Å². The number of hydrogen-bond acceptors (Lipinski definition) is 4. The highest BCUT2D eigenvalue weighted by molar-refractivity contribution is 5.85. The van der Waals surface area contributed by atoms with Gasteiger partial charge in [-0.3, -0.25) is 9.36 Å². The molecule has 0 aliphatic heterocycles. The largest absolute Gasteiger partial charge is 0.352 e. The van der Waals surface area contributed by atoms with Crippen LogP contribution in [0.4, 0.5) is 0 Å². The summed E-state index contributed by atoms with van der Waals surface area (Å²) in [7, 11) is 0. The molecule has 2 atom stereocenters. The van der Waals surface area contributed by atoms with Gasteiger partial charge in [-0.25, -0.2) is 9.97 Å². The van der Waals surface area contributed by atoms with Gasteiger partial charge in [0.25, 0.3) is 0 Å². The number of aryl methyl sites for hydroxylation is 1. The first-order valence-corrected chi connectivity index (χ1v) is 8.12. The van der Waals surface area contributed by atoms with Gasteiger partial charge in [0.15, 0.2) is 0 Å². The van der Waals surface area contributed by atoms with Crippen molar-refractivity contribution in [3.8, 4) is 5.82 Å². The van der Waals surface area contributed by atoms with Crippen molar-refractivity contribution in [1.82, 2.24) is 19.9 Å². The Hall–Kier alpha value is -1.63. The SMILES string of the molecule is Cc1nccn1-c1ccc(CNC(=O)[C@@H]2CCC[C@@H]2CN)cn1.Cl.Cl. The van der Waals surface area contributed by atoms with Gasteiger partial charge >= 0.3 is 0 Å². The molecule has 1 fully saturated rings. The third kappa shape index (κ3) is 4.93. The summed E-state index contributed by atoms with van der Waals surface area (Å²) in [5.41, 5.74) is 6.74. The van der Waals surface area contributed by atoms with Crippen molar-refractivity contribution in [2.24, 2.45) is 17.6 Å². The van der Waals surface area contributed by atoms with E-state index in [1.165, 1.54) is 0 Å². The van der Waals surface area contributed by atoms with Gasteiger partial charge in [0.2, 0.25) is 5.91 Å². The van der Waals surface area contributed by atoms with E-state index in [9.17, 15) is 4.79 Å². The Kier molecular flexibility index (Phi) is 8.35. The fraction of sp³-hybridized carbons (Fsp3) is 0.471. The van der Waals surface area contributed by atoms with Crippen LogP contribution in [0.15, 0.2) is 30.7 Å². The molecule has 1 aliphatic rings. The molecular weight excluding hydrogens is 361 g/mol. The van der Waals surface area contributed by atoms with Crippen molar-refractivity contribution >= 4 is 30.7 Å². The van der Waals surface area contributed by atoms with Crippen LogP contribution in [0, 0.1) is 18.8 Å². The maximum Gasteiger partial charge on any atom is 0.223 e. The first kappa shape index (κ1) is 21.4. The zero-order valence-electron chi connectivity index (χ0n) is 14.2. The number of imidazole rings is 1. The Balaban J connectivity index is 0.00000156. The number of hydrogen-bond donors (Lipinski definition) is 2. The van der Waals surface area contributed by atoms with Gasteiger partial charge in [0.1, 0.15) is 11.6 Å². The summed E-state index contributed by atoms with van der Waals surface area (Å²) >= 11 is 0. The van der Waals surface area contributed by atoms with E-state index in [4.69, 9.17) is 5.73 Å². The van der Waals surface area contributed by atoms with Crippen molar-refractivity contribution in [3.05, 3.63) is 42.1 Å². The van der Waals surface area contributed by atoms with Gasteiger partial charge in [-0.2, -0.15) is 0 Å². The lowest BCUT2D eigenvalue weighted by atomic mass is 9.95. The molecule has 25 heavy (non-hydrogen) atoms. The van der Waals surface area contributed by atoms with Crippen LogP contribution in [0.2, 0.25) is 0 Å². The predicted octanol–water partition coefficient (Wildman–Crippen LogP) is 2.41. The molecule has 0 spiro atoms. The number of carbonyl (C=O) groups is 1. The maximum absolute atomic E-state index is 12.3. The number of amides is 1. The fourth-order valence-corrected chi connectivity index (χ4v) is 3.27. The van der Waals surface area contributed by atoms with Gasteiger partial charge in [-0.1, -0.05) is 12.5 Å². The van der Waals surface area contributed by atoms with Crippen molar-refractivity contribution in [3.63, 3.8) is 0 Å². The van der Waals surface area contributed by atoms with E-state index >= 15 is 0 Å². The standard InChI is InChI=1S/C17H23N5O.2ClH/c1-12-19-7-8-22(12)16-6-5-13(10-20-16)11-21-17(23)15-4-2-3-14(15)9-18;;/h5-8,10,14-15H,2-4,9,11,18H2,1H3,(H,21,23);2*1H/t14-,15-;;/m1../s1. The van der Waals surface area contributed by atoms with Crippen LogP contribution in [-0.2, 0) is 11.3 Å². The molecule has 0 saturated heterocycles. The van der Waals surface area contributed by atoms with Crippen LogP contribution >= 0.6 is 24.8 Å². The lowest BCUT2D eigenvalue weighted by Crippen LogP contribution is -2.34. The van der Waals surface area contributed by atoms with E-state index in [1.54, 1.807) is 12.4 Å². The number of nitrogens with zero attached hydrogens (tertiary/aromatic N) is 3. The highest BCUT2D eigenvalue weighted by Crippen LogP contribution is 2.30. The second-order valence-electron chi connectivity index (χ2n) is 6.12. The molecule has 0 aromatic carbocycles. The number of rotatable bonds is 5. The maximum atomic E-state index is 12.3. The van der Waals surface area contributed by atoms with Gasteiger partial charge in [-0.05, 0) is 43.9 Å². The summed E-state index contributed by atoms with van der Waals surface area (Å²) in [4.78, 5) is 20.9. The minimum absolute atomic E-state index is 0. The molecule has 2 heterocycles. The third-order valence-corrected chi connectivity index (χ3v) is 4.65. The minimum Gasteiger partial charge on any atom is -0.352 e. The molecule has 0 radical (unpaired) electrons. The van der Waals surface area contributed by atoms with E-state index in [-0.39, 0.29) is 36.6 Å². The minimum atomic E-state index is 0. The molecule has 2 aromatic heterocycles. The molecule has 1 amide bonds. The van der Waals surface area contributed by atoms with Crippen LogP contribution in [0.3, 0.4) is 0 Å². The van der Waals surface area contributed by atoms with Crippen molar-refractivity contribution < 1.29 is 4.79 Å². The number of carbonyl (C=O) groups excluding carboxylic acids is 1. The molecule has 3 rings (SSSR count). The Morgan fingerprint density at radius 1 is 1.32 bits per heavy atom. The van der Waals surface area contributed by atoms with Crippen LogP contribution in [0.1, 0.15) is 30.7 Å². The van der Waals surface area contributed by atoms with E-state index in [2.05, 4.69) is 15.3 Å². The average molecular weight is 386 g/mol. The van der Waals surface area contributed by atoms with E-state index < -0.39 is 0 Å². The quantitative estimate of drug-likeness (QED) is 0.827. The lowest BCUT2D eigenvalue weighted by molar-refractivity contribution is -0.126. The van der Waals surface area contributed by atoms with Crippen molar-refractivity contribution in [1.29, 1.82) is 0 Å². The summed E-state index contributed by atoms with van der Waals surface area (Å²) in [6, 6.07) is 3.92. The fourth-order valence-electron chi connectivity index (χ4n) is 3.27. The number of nitrogens with one attached hydrogen (secondary N) is 1. The third-order valence-electron chi connectivity index (χ3n) is 4.65. The summed E-state index contributed by atoms with van der Waals surface area (Å²) in [5.74, 6) is 2.25. The normalized spacial score (nSPS) is 19.0. The number of nitrogens with two attached hydrogens (primary N) is 1. The first-order valence-electron chi connectivity index (χ1n) is 8.12. The Bertz CT molecular complexity index is 674. The zero-order valence-corrected chi connectivity index (χ0v) is 15.9. The Morgan fingerprint density at radius 3 is 2.72 bits per heavy atom. The van der Waals surface area contributed by atoms with E-state index in [0.717, 1.165) is 36.5 Å². The number of aromatic nitrogens is 3. The zero-order chi connectivity index (χ0) is 16.2. The highest BCUT2D eigenvalue weighted by Gasteiger charge is 2.31. The Labute approximate surface area is 160 Å². The Morgan fingerprint density at radius 2 is 2.12 bits per heavy atom. The number of halogens is 2. The highest BCUT2D eigenvalue weighted by atomic mass is 35.5. The van der Waals surface area contributed by atoms with Crippen LogP contribution in [0.5, 0.6) is 0 Å². The molecule has 138 valence electrons. The first-order chi connectivity index (χ1) is 11.2. The summed E-state index contributed by atoms with van der Waals surface area (Å²) in [5, 5.41) is 3.02. The average Bonchev–Trinajstić information content (AvgIpc) is 3.21. The summed E-state index contributed by atoms with van der Waals surface area (Å²) in [6.45, 7) is 3.03. The van der Waals surface area contributed by atoms with E-state index in [0.29, 0.717) is 19.0 Å². The molecular formula is C17H25Cl2N5O. The van der Waals surface area contributed by atoms with Crippen molar-refractivity contribution in [2.45, 2.75) is 32.7 Å². The topological polar surface area (TPSA) is 85.8 Å². The molecule has 1 saturated carbocycles. The van der Waals surface area contributed by atoms with Gasteiger partial charge in [0, 0.05) is 31.1 Å². The van der Waals surface area contributed by atoms with Crippen molar-refractivity contribution in [2.75, 3.05) is 6.54 Å². The smallest absolute Gasteiger partial charge is 0.223 e. The predicted molar refractivity (Wildman–Crippen MR) is 102 cm³/mol. The monoisotopic (exact) mass is 385 g/mol. The molecule has 8 heteroatoms. The molecule has 0 unspecified atom stereocenters. The van der Waals surface area contributed by atoms with Crippen LogP contribution < -0.4 is 11.1 Å². The molecule has 3 N–H and O–H groups in total. The summed E-state index contributed by atoms with van der Waals surface area (Å²) < 4.78 is 1.92. The van der Waals surface area contributed by atoms with Gasteiger partial charge < -0.3 is 11.1 Å². The molecule has 6 nitrogen and oxygen atoms in total. The van der Waals surface area contributed by atoms with Crippen LogP contribution in [0.25, 0.3) is 5.82 Å². The molecule has 1 aliphatic carbocycles. The second-order valence-corrected chi connectivity index (χ2v) is 6.12. The van der Waals surface area contributed by atoms with E-state index in [1.807, 2.05) is 29.8 Å². The molecule has 0 bridgehead atoms. The second kappa shape index (κ2) is 9.75. The molecule has 2 aromatic rings. The number of pyridine rings is 1. The lowest BCUT2D eigenvalue weighted by Gasteiger charge is -2.17.